The van der Waals surface area contributed by atoms with Crippen molar-refractivity contribution < 1.29 is 4.79 Å². The number of rotatable bonds is 8. The second kappa shape index (κ2) is 11.0. The van der Waals surface area contributed by atoms with E-state index in [0.29, 0.717) is 12.1 Å². The minimum Gasteiger partial charge on any atom is -0.352 e. The number of aryl methyl sites for hydroxylation is 1. The van der Waals surface area contributed by atoms with Crippen molar-refractivity contribution in [3.05, 3.63) is 70.8 Å². The van der Waals surface area contributed by atoms with E-state index in [-0.39, 0.29) is 5.91 Å². The van der Waals surface area contributed by atoms with Crippen LogP contribution in [0, 0.1) is 6.92 Å². The number of carbonyl (C=O) groups is 1. The molecule has 0 bridgehead atoms. The van der Waals surface area contributed by atoms with Crippen molar-refractivity contribution in [2.75, 3.05) is 13.6 Å². The maximum absolute atomic E-state index is 12.0. The van der Waals surface area contributed by atoms with E-state index in [2.05, 4.69) is 59.1 Å². The third-order valence-corrected chi connectivity index (χ3v) is 4.26. The lowest BCUT2D eigenvalue weighted by Crippen LogP contribution is -2.36. The molecule has 5 nitrogen and oxygen atoms in total. The summed E-state index contributed by atoms with van der Waals surface area (Å²) in [5, 5.41) is 9.55. The SMILES string of the molecule is CCCCNC(=O)c1ccc(CNC(=NC)NCc2cccc(C)c2)cc1. The summed E-state index contributed by atoms with van der Waals surface area (Å²) in [6.07, 6.45) is 2.08. The maximum atomic E-state index is 12.0. The lowest BCUT2D eigenvalue weighted by molar-refractivity contribution is 0.0953. The topological polar surface area (TPSA) is 65.5 Å². The van der Waals surface area contributed by atoms with Gasteiger partial charge in [0.15, 0.2) is 5.96 Å². The van der Waals surface area contributed by atoms with Gasteiger partial charge in [-0.05, 0) is 36.6 Å². The van der Waals surface area contributed by atoms with E-state index in [4.69, 9.17) is 0 Å². The Morgan fingerprint density at radius 2 is 1.67 bits per heavy atom. The monoisotopic (exact) mass is 366 g/mol. The molecular weight excluding hydrogens is 336 g/mol. The Bertz CT molecular complexity index is 753. The van der Waals surface area contributed by atoms with Crippen molar-refractivity contribution in [2.24, 2.45) is 4.99 Å². The van der Waals surface area contributed by atoms with Crippen LogP contribution in [0.5, 0.6) is 0 Å². The predicted octanol–water partition coefficient (Wildman–Crippen LogP) is 3.39. The highest BCUT2D eigenvalue weighted by Gasteiger charge is 2.05. The van der Waals surface area contributed by atoms with E-state index in [9.17, 15) is 4.79 Å². The molecule has 0 unspecified atom stereocenters. The van der Waals surface area contributed by atoms with Crippen LogP contribution < -0.4 is 16.0 Å². The van der Waals surface area contributed by atoms with Crippen LogP contribution >= 0.6 is 0 Å². The fourth-order valence-electron chi connectivity index (χ4n) is 2.67. The number of hydrogen-bond acceptors (Lipinski definition) is 2. The molecule has 0 aliphatic heterocycles. The molecule has 27 heavy (non-hydrogen) atoms. The van der Waals surface area contributed by atoms with Gasteiger partial charge in [-0.3, -0.25) is 9.79 Å². The summed E-state index contributed by atoms with van der Waals surface area (Å²) < 4.78 is 0. The fraction of sp³-hybridized carbons (Fsp3) is 0.364. The molecule has 0 aromatic heterocycles. The molecule has 3 N–H and O–H groups in total. The van der Waals surface area contributed by atoms with Gasteiger partial charge in [0.05, 0.1) is 0 Å². The highest BCUT2D eigenvalue weighted by Crippen LogP contribution is 2.05. The zero-order valence-corrected chi connectivity index (χ0v) is 16.5. The quantitative estimate of drug-likeness (QED) is 0.381. The van der Waals surface area contributed by atoms with Crippen LogP contribution in [-0.4, -0.2) is 25.5 Å². The summed E-state index contributed by atoms with van der Waals surface area (Å²) in [6.45, 7) is 6.28. The Hall–Kier alpha value is -2.82. The largest absolute Gasteiger partial charge is 0.352 e. The molecule has 0 spiro atoms. The Morgan fingerprint density at radius 3 is 2.30 bits per heavy atom. The van der Waals surface area contributed by atoms with E-state index >= 15 is 0 Å². The lowest BCUT2D eigenvalue weighted by Gasteiger charge is -2.12. The highest BCUT2D eigenvalue weighted by molar-refractivity contribution is 5.94. The zero-order valence-electron chi connectivity index (χ0n) is 16.5. The molecule has 5 heteroatoms. The Morgan fingerprint density at radius 1 is 0.963 bits per heavy atom. The summed E-state index contributed by atoms with van der Waals surface area (Å²) in [7, 11) is 1.76. The first-order chi connectivity index (χ1) is 13.1. The second-order valence-electron chi connectivity index (χ2n) is 6.57. The van der Waals surface area contributed by atoms with E-state index < -0.39 is 0 Å². The molecule has 0 aliphatic rings. The van der Waals surface area contributed by atoms with Crippen molar-refractivity contribution in [2.45, 2.75) is 39.8 Å². The van der Waals surface area contributed by atoms with Crippen molar-refractivity contribution in [3.8, 4) is 0 Å². The first-order valence-corrected chi connectivity index (χ1v) is 9.49. The zero-order chi connectivity index (χ0) is 19.5. The van der Waals surface area contributed by atoms with Crippen LogP contribution in [0.3, 0.4) is 0 Å². The van der Waals surface area contributed by atoms with Gasteiger partial charge in [0.2, 0.25) is 0 Å². The first kappa shape index (κ1) is 20.5. The number of amides is 1. The molecule has 1 amide bonds. The smallest absolute Gasteiger partial charge is 0.251 e. The number of carbonyl (C=O) groups excluding carboxylic acids is 1. The van der Waals surface area contributed by atoms with Crippen LogP contribution in [-0.2, 0) is 13.1 Å². The van der Waals surface area contributed by atoms with Gasteiger partial charge in [-0.15, -0.1) is 0 Å². The number of aliphatic imine (C=N–C) groups is 1. The number of benzene rings is 2. The number of unbranched alkanes of at least 4 members (excludes halogenated alkanes) is 1. The molecule has 144 valence electrons. The van der Waals surface area contributed by atoms with Crippen LogP contribution in [0.4, 0.5) is 0 Å². The summed E-state index contributed by atoms with van der Waals surface area (Å²) in [4.78, 5) is 16.3. The second-order valence-corrected chi connectivity index (χ2v) is 6.57. The number of hydrogen-bond donors (Lipinski definition) is 3. The fourth-order valence-corrected chi connectivity index (χ4v) is 2.67. The molecule has 0 saturated heterocycles. The van der Waals surface area contributed by atoms with Gasteiger partial charge in [0.1, 0.15) is 0 Å². The van der Waals surface area contributed by atoms with E-state index in [0.717, 1.165) is 37.5 Å². The van der Waals surface area contributed by atoms with Crippen LogP contribution in [0.25, 0.3) is 0 Å². The van der Waals surface area contributed by atoms with Gasteiger partial charge >= 0.3 is 0 Å². The normalized spacial score (nSPS) is 11.1. The summed E-state index contributed by atoms with van der Waals surface area (Å²) in [6, 6.07) is 16.1. The average Bonchev–Trinajstić information content (AvgIpc) is 2.69. The standard InChI is InChI=1S/C22H30N4O/c1-4-5-13-24-21(27)20-11-9-18(10-12-20)15-25-22(23-3)26-16-19-8-6-7-17(2)14-19/h6-12,14H,4-5,13,15-16H2,1-3H3,(H,24,27)(H2,23,25,26). The van der Waals surface area contributed by atoms with Crippen LogP contribution in [0.1, 0.15) is 46.8 Å². The molecule has 0 heterocycles. The molecule has 2 aromatic carbocycles. The molecule has 0 atom stereocenters. The van der Waals surface area contributed by atoms with Gasteiger partial charge in [0.25, 0.3) is 5.91 Å². The Kier molecular flexibility index (Phi) is 8.36. The van der Waals surface area contributed by atoms with Gasteiger partial charge in [-0.2, -0.15) is 0 Å². The lowest BCUT2D eigenvalue weighted by atomic mass is 10.1. The number of nitrogens with zero attached hydrogens (tertiary/aromatic N) is 1. The van der Waals surface area contributed by atoms with Gasteiger partial charge in [-0.25, -0.2) is 0 Å². The molecular formula is C22H30N4O. The molecule has 2 rings (SSSR count). The Labute approximate surface area is 162 Å². The third-order valence-electron chi connectivity index (χ3n) is 4.26. The van der Waals surface area contributed by atoms with E-state index in [1.54, 1.807) is 7.05 Å². The van der Waals surface area contributed by atoms with Gasteiger partial charge < -0.3 is 16.0 Å². The minimum absolute atomic E-state index is 0.0152. The van der Waals surface area contributed by atoms with Crippen molar-refractivity contribution in [1.82, 2.24) is 16.0 Å². The molecule has 0 radical (unpaired) electrons. The number of nitrogens with one attached hydrogen (secondary N) is 3. The summed E-state index contributed by atoms with van der Waals surface area (Å²) in [5.41, 5.74) is 4.25. The van der Waals surface area contributed by atoms with E-state index in [1.807, 2.05) is 24.3 Å². The molecule has 0 aliphatic carbocycles. The first-order valence-electron chi connectivity index (χ1n) is 9.49. The molecule has 0 saturated carbocycles. The van der Waals surface area contributed by atoms with Crippen molar-refractivity contribution >= 4 is 11.9 Å². The average molecular weight is 367 g/mol. The minimum atomic E-state index is -0.0152. The number of guanidine groups is 1. The highest BCUT2D eigenvalue weighted by atomic mass is 16.1. The third kappa shape index (κ3) is 7.13. The van der Waals surface area contributed by atoms with Crippen molar-refractivity contribution in [3.63, 3.8) is 0 Å². The predicted molar refractivity (Wildman–Crippen MR) is 112 cm³/mol. The summed E-state index contributed by atoms with van der Waals surface area (Å²) >= 11 is 0. The molecule has 0 fully saturated rings. The maximum Gasteiger partial charge on any atom is 0.251 e. The summed E-state index contributed by atoms with van der Waals surface area (Å²) in [5.74, 6) is 0.733. The van der Waals surface area contributed by atoms with Gasteiger partial charge in [-0.1, -0.05) is 55.3 Å². The van der Waals surface area contributed by atoms with Crippen molar-refractivity contribution in [1.29, 1.82) is 0 Å². The van der Waals surface area contributed by atoms with Crippen LogP contribution in [0.2, 0.25) is 0 Å². The molecule has 2 aromatic rings. The van der Waals surface area contributed by atoms with Crippen LogP contribution in [0.15, 0.2) is 53.5 Å². The van der Waals surface area contributed by atoms with E-state index in [1.165, 1.54) is 11.1 Å². The van der Waals surface area contributed by atoms with Gasteiger partial charge in [0, 0.05) is 32.2 Å². The Balaban J connectivity index is 1.81.